The number of benzene rings is 3. The summed E-state index contributed by atoms with van der Waals surface area (Å²) in [5, 5.41) is 3.13. The Balaban J connectivity index is 0.00000336. The molecule has 7 nitrogen and oxygen atoms in total. The van der Waals surface area contributed by atoms with Gasteiger partial charge in [-0.1, -0.05) is 49.7 Å². The first kappa shape index (κ1) is 25.3. The molecular weight excluding hydrogens is 488 g/mol. The number of unbranched alkanes of at least 4 members (excludes halogenated alkanes) is 1. The molecule has 3 aromatic carbocycles. The van der Waals surface area contributed by atoms with Crippen LogP contribution < -0.4 is 19.5 Å². The van der Waals surface area contributed by atoms with Crippen LogP contribution in [0.5, 0.6) is 11.5 Å². The molecule has 1 fully saturated rings. The second kappa shape index (κ2) is 10.2. The molecule has 196 valence electrons. The first-order valence-electron chi connectivity index (χ1n) is 12.7. The first-order chi connectivity index (χ1) is 17.8. The molecule has 2 N–H and O–H groups in total. The van der Waals surface area contributed by atoms with Crippen molar-refractivity contribution in [3.8, 4) is 22.6 Å². The van der Waals surface area contributed by atoms with Crippen LogP contribution in [0.15, 0.2) is 60.7 Å². The Morgan fingerprint density at radius 2 is 1.76 bits per heavy atom. The molecule has 0 spiro atoms. The fourth-order valence-corrected chi connectivity index (χ4v) is 5.83. The number of anilines is 1. The van der Waals surface area contributed by atoms with Crippen LogP contribution in [0.3, 0.4) is 0 Å². The molecule has 1 amide bonds. The van der Waals surface area contributed by atoms with Crippen molar-refractivity contribution in [2.45, 2.75) is 51.5 Å². The molecule has 0 aromatic heterocycles. The van der Waals surface area contributed by atoms with Crippen LogP contribution in [-0.2, 0) is 26.8 Å². The fraction of sp³-hybridized carbons (Fsp3) is 0.345. The van der Waals surface area contributed by atoms with Gasteiger partial charge in [-0.15, -0.1) is 0 Å². The number of rotatable bonds is 10. The summed E-state index contributed by atoms with van der Waals surface area (Å²) in [5.74, 6) is 1.52. The lowest BCUT2D eigenvalue weighted by Crippen LogP contribution is -2.27. The van der Waals surface area contributed by atoms with Crippen LogP contribution in [0.25, 0.3) is 11.1 Å². The summed E-state index contributed by atoms with van der Waals surface area (Å²) in [6.45, 7) is 4.48. The zero-order valence-electron chi connectivity index (χ0n) is 21.2. The minimum Gasteiger partial charge on any atom is -0.454 e. The Morgan fingerprint density at radius 1 is 1.00 bits per heavy atom. The van der Waals surface area contributed by atoms with Gasteiger partial charge < -0.3 is 14.8 Å². The molecule has 8 heteroatoms. The Kier molecular flexibility index (Phi) is 6.96. The predicted molar refractivity (Wildman–Crippen MR) is 146 cm³/mol. The molecular formula is C29H34N2O5S. The van der Waals surface area contributed by atoms with Crippen molar-refractivity contribution in [3.63, 3.8) is 0 Å². The second-order valence-corrected chi connectivity index (χ2v) is 11.8. The Morgan fingerprint density at radius 3 is 2.49 bits per heavy atom. The molecule has 1 aliphatic heterocycles. The van der Waals surface area contributed by atoms with Crippen molar-refractivity contribution in [2.24, 2.45) is 0 Å². The highest BCUT2D eigenvalue weighted by molar-refractivity contribution is 7.89. The average molecular weight is 523 g/mol. The SMILES string of the molecule is CCCCS(=O)(=O)NCc1ccc(-c2cc(NC(=O)C3(c4ccc5c(c4)OCO5)CC3)ccc2C)cc1.[HH]. The third kappa shape index (κ3) is 5.50. The summed E-state index contributed by atoms with van der Waals surface area (Å²) >= 11 is 0. The minimum atomic E-state index is -3.26. The van der Waals surface area contributed by atoms with Crippen LogP contribution in [-0.4, -0.2) is 26.9 Å². The van der Waals surface area contributed by atoms with E-state index in [1.165, 1.54) is 0 Å². The molecule has 0 bridgehead atoms. The normalized spacial score (nSPS) is 15.4. The minimum absolute atomic E-state index is 0. The summed E-state index contributed by atoms with van der Waals surface area (Å²) in [5.41, 5.74) is 5.14. The van der Waals surface area contributed by atoms with Crippen LogP contribution in [0, 0.1) is 6.92 Å². The first-order valence-corrected chi connectivity index (χ1v) is 14.3. The highest BCUT2D eigenvalue weighted by Gasteiger charge is 2.51. The average Bonchev–Trinajstić information content (AvgIpc) is 3.58. The number of carbonyl (C=O) groups is 1. The maximum absolute atomic E-state index is 13.4. The van der Waals surface area contributed by atoms with E-state index in [2.05, 4.69) is 10.0 Å². The van der Waals surface area contributed by atoms with E-state index in [9.17, 15) is 13.2 Å². The van der Waals surface area contributed by atoms with E-state index in [4.69, 9.17) is 9.47 Å². The van der Waals surface area contributed by atoms with Gasteiger partial charge >= 0.3 is 0 Å². The number of carbonyl (C=O) groups excluding carboxylic acids is 1. The number of sulfonamides is 1. The van der Waals surface area contributed by atoms with Crippen LogP contribution in [0.1, 0.15) is 50.7 Å². The van der Waals surface area contributed by atoms with E-state index in [0.717, 1.165) is 52.8 Å². The van der Waals surface area contributed by atoms with Crippen LogP contribution in [0.2, 0.25) is 0 Å². The van der Waals surface area contributed by atoms with Gasteiger partial charge in [-0.05, 0) is 78.3 Å². The number of hydrogen-bond donors (Lipinski definition) is 2. The van der Waals surface area contributed by atoms with Crippen molar-refractivity contribution >= 4 is 21.6 Å². The van der Waals surface area contributed by atoms with Crippen molar-refractivity contribution in [2.75, 3.05) is 17.9 Å². The van der Waals surface area contributed by atoms with Crippen LogP contribution in [0.4, 0.5) is 5.69 Å². The van der Waals surface area contributed by atoms with Crippen molar-refractivity contribution in [1.82, 2.24) is 4.72 Å². The number of fused-ring (bicyclic) bond motifs is 1. The molecule has 37 heavy (non-hydrogen) atoms. The van der Waals surface area contributed by atoms with Crippen molar-refractivity contribution < 1.29 is 24.1 Å². The number of amides is 1. The van der Waals surface area contributed by atoms with Gasteiger partial charge in [0.25, 0.3) is 0 Å². The van der Waals surface area contributed by atoms with E-state index < -0.39 is 15.4 Å². The topological polar surface area (TPSA) is 93.7 Å². The molecule has 0 unspecified atom stereocenters. The lowest BCUT2D eigenvalue weighted by Gasteiger charge is -2.17. The van der Waals surface area contributed by atoms with Crippen LogP contribution >= 0.6 is 0 Å². The zero-order valence-corrected chi connectivity index (χ0v) is 22.0. The van der Waals surface area contributed by atoms with Gasteiger partial charge in [0.2, 0.25) is 22.7 Å². The van der Waals surface area contributed by atoms with Gasteiger partial charge in [0, 0.05) is 13.7 Å². The predicted octanol–water partition coefficient (Wildman–Crippen LogP) is 5.53. The third-order valence-corrected chi connectivity index (χ3v) is 8.54. The quantitative estimate of drug-likeness (QED) is 0.365. The summed E-state index contributed by atoms with van der Waals surface area (Å²) < 4.78 is 37.7. The summed E-state index contributed by atoms with van der Waals surface area (Å²) in [4.78, 5) is 13.4. The van der Waals surface area contributed by atoms with E-state index in [1.54, 1.807) is 0 Å². The smallest absolute Gasteiger partial charge is 0.235 e. The largest absolute Gasteiger partial charge is 0.454 e. The molecule has 1 aliphatic carbocycles. The Hall–Kier alpha value is -3.36. The van der Waals surface area contributed by atoms with Gasteiger partial charge in [-0.25, -0.2) is 13.1 Å². The van der Waals surface area contributed by atoms with Gasteiger partial charge in [-0.3, -0.25) is 4.79 Å². The summed E-state index contributed by atoms with van der Waals surface area (Å²) in [7, 11) is -3.26. The monoisotopic (exact) mass is 522 g/mol. The molecule has 0 radical (unpaired) electrons. The van der Waals surface area contributed by atoms with Gasteiger partial charge in [0.1, 0.15) is 0 Å². The van der Waals surface area contributed by atoms with Crippen molar-refractivity contribution in [3.05, 3.63) is 77.4 Å². The van der Waals surface area contributed by atoms with Gasteiger partial charge in [0.15, 0.2) is 11.5 Å². The van der Waals surface area contributed by atoms with E-state index >= 15 is 0 Å². The summed E-state index contributed by atoms with van der Waals surface area (Å²) in [6.07, 6.45) is 3.08. The molecule has 2 aliphatic rings. The summed E-state index contributed by atoms with van der Waals surface area (Å²) in [6, 6.07) is 19.5. The van der Waals surface area contributed by atoms with E-state index in [0.29, 0.717) is 17.9 Å². The molecule has 0 atom stereocenters. The molecule has 3 aromatic rings. The zero-order chi connectivity index (χ0) is 26.0. The van der Waals surface area contributed by atoms with Gasteiger partial charge in [-0.2, -0.15) is 0 Å². The standard InChI is InChI=1S/C29H32N2O5S.H2/c1-3-4-15-37(33,34)30-18-21-6-8-22(9-7-21)25-17-24(11-5-20(25)2)31-28(32)29(13-14-29)23-10-12-26-27(16-23)36-19-35-26;/h5-12,16-17,30H,3-4,13-15,18-19H2,1-2H3,(H,31,32);1H. The Labute approximate surface area is 219 Å². The highest BCUT2D eigenvalue weighted by atomic mass is 32.2. The van der Waals surface area contributed by atoms with E-state index in [1.807, 2.05) is 74.5 Å². The molecule has 5 rings (SSSR count). The maximum Gasteiger partial charge on any atom is 0.235 e. The van der Waals surface area contributed by atoms with E-state index in [-0.39, 0.29) is 26.4 Å². The number of nitrogens with one attached hydrogen (secondary N) is 2. The lowest BCUT2D eigenvalue weighted by atomic mass is 9.94. The Bertz CT molecular complexity index is 1420. The number of aryl methyl sites for hydroxylation is 1. The third-order valence-electron chi connectivity index (χ3n) is 7.13. The number of ether oxygens (including phenoxy) is 2. The fourth-order valence-electron chi connectivity index (χ4n) is 4.63. The number of hydrogen-bond acceptors (Lipinski definition) is 5. The molecule has 0 saturated heterocycles. The van der Waals surface area contributed by atoms with Crippen molar-refractivity contribution in [1.29, 1.82) is 0 Å². The van der Waals surface area contributed by atoms with Gasteiger partial charge in [0.05, 0.1) is 11.2 Å². The second-order valence-electron chi connectivity index (χ2n) is 9.82. The molecule has 1 heterocycles. The lowest BCUT2D eigenvalue weighted by molar-refractivity contribution is -0.118. The maximum atomic E-state index is 13.4. The highest BCUT2D eigenvalue weighted by Crippen LogP contribution is 2.51. The molecule has 1 saturated carbocycles.